The second-order valence-electron chi connectivity index (χ2n) is 5.46. The van der Waals surface area contributed by atoms with Crippen molar-refractivity contribution in [2.24, 2.45) is 5.92 Å². The van der Waals surface area contributed by atoms with Crippen LogP contribution < -0.4 is 0 Å². The Balaban J connectivity index is 2.07. The molecule has 0 unspecified atom stereocenters. The fourth-order valence-electron chi connectivity index (χ4n) is 2.48. The summed E-state index contributed by atoms with van der Waals surface area (Å²) in [5, 5.41) is 18.8. The molecule has 5 heteroatoms. The van der Waals surface area contributed by atoms with E-state index in [0.29, 0.717) is 25.9 Å². The molecule has 1 aromatic heterocycles. The van der Waals surface area contributed by atoms with Crippen LogP contribution >= 0.6 is 0 Å². The van der Waals surface area contributed by atoms with Crippen LogP contribution in [-0.4, -0.2) is 28.5 Å². The third-order valence-corrected chi connectivity index (χ3v) is 3.57. The van der Waals surface area contributed by atoms with Crippen LogP contribution in [0.2, 0.25) is 0 Å². The van der Waals surface area contributed by atoms with Gasteiger partial charge in [0.25, 0.3) is 0 Å². The molecule has 5 nitrogen and oxygen atoms in total. The van der Waals surface area contributed by atoms with E-state index in [-0.39, 0.29) is 5.92 Å². The van der Waals surface area contributed by atoms with Crippen LogP contribution in [0, 0.1) is 35.5 Å². The van der Waals surface area contributed by atoms with Gasteiger partial charge >= 0.3 is 0 Å². The van der Waals surface area contributed by atoms with Crippen molar-refractivity contribution in [3.8, 4) is 12.1 Å². The molecule has 0 fully saturated rings. The number of nitriles is 2. The molecule has 0 aliphatic heterocycles. The molecular formula is C17H19N5. The predicted octanol–water partition coefficient (Wildman–Crippen LogP) is 2.81. The van der Waals surface area contributed by atoms with Crippen molar-refractivity contribution in [3.05, 3.63) is 35.8 Å². The minimum atomic E-state index is -0.133. The van der Waals surface area contributed by atoms with Crippen LogP contribution in [0.25, 0.3) is 10.9 Å². The first kappa shape index (κ1) is 15.9. The predicted molar refractivity (Wildman–Crippen MR) is 84.6 cm³/mol. The van der Waals surface area contributed by atoms with Crippen molar-refractivity contribution in [1.82, 2.24) is 14.9 Å². The zero-order chi connectivity index (χ0) is 15.9. The highest BCUT2D eigenvalue weighted by Crippen LogP contribution is 2.15. The summed E-state index contributed by atoms with van der Waals surface area (Å²) < 4.78 is 0. The molecule has 112 valence electrons. The number of fused-ring (bicyclic) bond motifs is 1. The Morgan fingerprint density at radius 2 is 2.00 bits per heavy atom. The van der Waals surface area contributed by atoms with Crippen molar-refractivity contribution in [1.29, 1.82) is 10.5 Å². The Hall–Kier alpha value is -2.50. The number of nitrogens with zero attached hydrogens (tertiary/aromatic N) is 5. The highest BCUT2D eigenvalue weighted by molar-refractivity contribution is 5.80. The molecule has 0 saturated heterocycles. The molecule has 0 N–H and O–H groups in total. The number of para-hydroxylation sites is 1. The Kier molecular flexibility index (Phi) is 5.41. The van der Waals surface area contributed by atoms with Gasteiger partial charge < -0.3 is 0 Å². The Labute approximate surface area is 130 Å². The monoisotopic (exact) mass is 293 g/mol. The third-order valence-electron chi connectivity index (χ3n) is 3.57. The summed E-state index contributed by atoms with van der Waals surface area (Å²) in [4.78, 5) is 11.2. The van der Waals surface area contributed by atoms with E-state index in [2.05, 4.69) is 22.1 Å². The topological polar surface area (TPSA) is 76.6 Å². The van der Waals surface area contributed by atoms with Gasteiger partial charge in [-0.3, -0.25) is 4.90 Å². The van der Waals surface area contributed by atoms with Gasteiger partial charge in [-0.1, -0.05) is 18.2 Å². The van der Waals surface area contributed by atoms with Crippen molar-refractivity contribution < 1.29 is 0 Å². The minimum Gasteiger partial charge on any atom is -0.298 e. The van der Waals surface area contributed by atoms with Gasteiger partial charge in [0.15, 0.2) is 0 Å². The molecule has 1 aromatic carbocycles. The highest BCUT2D eigenvalue weighted by Gasteiger charge is 2.13. The number of aryl methyl sites for hydroxylation is 1. The minimum absolute atomic E-state index is 0.133. The molecule has 1 atom stereocenters. The fourth-order valence-corrected chi connectivity index (χ4v) is 2.48. The van der Waals surface area contributed by atoms with Crippen molar-refractivity contribution in [2.75, 3.05) is 13.6 Å². The van der Waals surface area contributed by atoms with Crippen LogP contribution in [0.5, 0.6) is 0 Å². The molecule has 0 spiro atoms. The van der Waals surface area contributed by atoms with Gasteiger partial charge in [-0.2, -0.15) is 10.5 Å². The molecule has 2 rings (SSSR count). The van der Waals surface area contributed by atoms with E-state index < -0.39 is 0 Å². The number of benzene rings is 1. The lowest BCUT2D eigenvalue weighted by atomic mass is 10.1. The standard InChI is InChI=1S/C17H19N5/c1-13-15-7-3-4-8-16(15)21-17(20-13)12-22(2)11-14(10-19)6-5-9-18/h3-4,7-8,14H,5-6,11-12H2,1-2H3/t14-/m1/s1. The molecule has 0 aliphatic carbocycles. The zero-order valence-corrected chi connectivity index (χ0v) is 13.0. The lowest BCUT2D eigenvalue weighted by Gasteiger charge is -2.18. The van der Waals surface area contributed by atoms with E-state index in [1.165, 1.54) is 0 Å². The first-order valence-corrected chi connectivity index (χ1v) is 7.31. The Bertz CT molecular complexity index is 726. The normalized spacial score (nSPS) is 12.0. The van der Waals surface area contributed by atoms with Gasteiger partial charge in [-0.15, -0.1) is 0 Å². The smallest absolute Gasteiger partial charge is 0.143 e. The first-order chi connectivity index (χ1) is 10.6. The zero-order valence-electron chi connectivity index (χ0n) is 13.0. The van der Waals surface area contributed by atoms with E-state index >= 15 is 0 Å². The molecule has 0 bridgehead atoms. The Morgan fingerprint density at radius 1 is 1.23 bits per heavy atom. The number of rotatable bonds is 6. The van der Waals surface area contributed by atoms with Gasteiger partial charge in [-0.25, -0.2) is 9.97 Å². The Morgan fingerprint density at radius 3 is 2.73 bits per heavy atom. The maximum atomic E-state index is 9.14. The molecule has 0 radical (unpaired) electrons. The quantitative estimate of drug-likeness (QED) is 0.818. The molecular weight excluding hydrogens is 274 g/mol. The van der Waals surface area contributed by atoms with Gasteiger partial charge in [0.1, 0.15) is 5.82 Å². The molecule has 22 heavy (non-hydrogen) atoms. The summed E-state index contributed by atoms with van der Waals surface area (Å²) in [5.74, 6) is 0.627. The second-order valence-corrected chi connectivity index (χ2v) is 5.46. The van der Waals surface area contributed by atoms with E-state index in [1.54, 1.807) is 0 Å². The maximum absolute atomic E-state index is 9.14. The van der Waals surface area contributed by atoms with Crippen LogP contribution in [0.15, 0.2) is 24.3 Å². The summed E-state index contributed by atoms with van der Waals surface area (Å²) in [6.45, 7) is 3.20. The summed E-state index contributed by atoms with van der Waals surface area (Å²) in [6.07, 6.45) is 1.02. The van der Waals surface area contributed by atoms with Crippen molar-refractivity contribution >= 4 is 10.9 Å². The molecule has 1 heterocycles. The molecule has 2 aromatic rings. The van der Waals surface area contributed by atoms with Gasteiger partial charge in [0.2, 0.25) is 0 Å². The van der Waals surface area contributed by atoms with E-state index in [9.17, 15) is 0 Å². The van der Waals surface area contributed by atoms with Gasteiger partial charge in [0.05, 0.1) is 30.1 Å². The first-order valence-electron chi connectivity index (χ1n) is 7.31. The molecule has 0 saturated carbocycles. The van der Waals surface area contributed by atoms with Crippen LogP contribution in [-0.2, 0) is 6.54 Å². The summed E-state index contributed by atoms with van der Waals surface area (Å²) in [6, 6.07) is 12.3. The second kappa shape index (κ2) is 7.49. The number of aromatic nitrogens is 2. The lowest BCUT2D eigenvalue weighted by Crippen LogP contribution is -2.25. The van der Waals surface area contributed by atoms with Crippen molar-refractivity contribution in [2.45, 2.75) is 26.3 Å². The van der Waals surface area contributed by atoms with Gasteiger partial charge in [0, 0.05) is 24.0 Å². The maximum Gasteiger partial charge on any atom is 0.143 e. The average Bonchev–Trinajstić information content (AvgIpc) is 2.51. The van der Waals surface area contributed by atoms with E-state index in [4.69, 9.17) is 10.5 Å². The van der Waals surface area contributed by atoms with Crippen LogP contribution in [0.4, 0.5) is 0 Å². The van der Waals surface area contributed by atoms with E-state index in [1.807, 2.05) is 43.1 Å². The van der Waals surface area contributed by atoms with E-state index in [0.717, 1.165) is 22.4 Å². The molecule has 0 amide bonds. The van der Waals surface area contributed by atoms with Crippen LogP contribution in [0.1, 0.15) is 24.4 Å². The van der Waals surface area contributed by atoms with Crippen LogP contribution in [0.3, 0.4) is 0 Å². The van der Waals surface area contributed by atoms with Gasteiger partial charge in [-0.05, 0) is 26.5 Å². The summed E-state index contributed by atoms with van der Waals surface area (Å²) in [5.41, 5.74) is 1.91. The third kappa shape index (κ3) is 4.00. The largest absolute Gasteiger partial charge is 0.298 e. The average molecular weight is 293 g/mol. The highest BCUT2D eigenvalue weighted by atomic mass is 15.1. The summed E-state index contributed by atoms with van der Waals surface area (Å²) >= 11 is 0. The number of hydrogen-bond donors (Lipinski definition) is 0. The SMILES string of the molecule is Cc1nc(CN(C)C[C@@H](C#N)CCC#N)nc2ccccc12. The fraction of sp³-hybridized carbons (Fsp3) is 0.412. The van der Waals surface area contributed by atoms with Crippen molar-refractivity contribution in [3.63, 3.8) is 0 Å². The molecule has 0 aliphatic rings. The number of hydrogen-bond acceptors (Lipinski definition) is 5. The lowest BCUT2D eigenvalue weighted by molar-refractivity contribution is 0.283. The summed E-state index contributed by atoms with van der Waals surface area (Å²) in [7, 11) is 1.95.